The number of unbranched alkanes of at least 4 members (excludes halogenated alkanes) is 2. The number of carbonyl (C=O) groups excluding carboxylic acids is 1. The van der Waals surface area contributed by atoms with E-state index in [1.165, 1.54) is 25.7 Å². The lowest BCUT2D eigenvalue weighted by Crippen LogP contribution is -2.02. The van der Waals surface area contributed by atoms with Crippen molar-refractivity contribution >= 4 is 15.8 Å². The van der Waals surface area contributed by atoms with E-state index in [2.05, 4.69) is 40.7 Å². The Bertz CT molecular complexity index is 299. The zero-order valence-electron chi connectivity index (χ0n) is 12.0. The molecule has 1 rings (SSSR count). The van der Waals surface area contributed by atoms with Crippen molar-refractivity contribution in [1.82, 2.24) is 0 Å². The third-order valence-electron chi connectivity index (χ3n) is 3.75. The van der Waals surface area contributed by atoms with E-state index in [9.17, 15) is 4.79 Å². The molecular formula is C16H27O2P. The first kappa shape index (κ1) is 16.6. The van der Waals surface area contributed by atoms with Gasteiger partial charge in [-0.05, 0) is 31.1 Å². The largest absolute Gasteiger partial charge is 0.358 e. The van der Waals surface area contributed by atoms with Crippen LogP contribution in [0.25, 0.3) is 0 Å². The quantitative estimate of drug-likeness (QED) is 0.242. The third-order valence-corrected chi connectivity index (χ3v) is 4.10. The molecule has 0 aromatic carbocycles. The molecule has 0 N–H and O–H groups in total. The van der Waals surface area contributed by atoms with Crippen molar-refractivity contribution in [2.75, 3.05) is 0 Å². The van der Waals surface area contributed by atoms with Crippen LogP contribution in [0.1, 0.15) is 51.9 Å². The minimum atomic E-state index is 0.213. The van der Waals surface area contributed by atoms with Gasteiger partial charge in [-0.3, -0.25) is 0 Å². The van der Waals surface area contributed by atoms with E-state index in [0.717, 1.165) is 31.5 Å². The number of allylic oxidation sites excluding steroid dienone is 3. The molecule has 3 heteroatoms. The predicted octanol–water partition coefficient (Wildman–Crippen LogP) is 4.47. The Hall–Kier alpha value is -0.460. The first-order valence-corrected chi connectivity index (χ1v) is 7.91. The van der Waals surface area contributed by atoms with Gasteiger partial charge in [-0.1, -0.05) is 50.5 Å². The van der Waals surface area contributed by atoms with E-state index in [0.29, 0.717) is 5.92 Å². The van der Waals surface area contributed by atoms with E-state index >= 15 is 0 Å². The minimum Gasteiger partial charge on any atom is -0.358 e. The van der Waals surface area contributed by atoms with Gasteiger partial charge in [-0.2, -0.15) is 0 Å². The number of rotatable bonds is 11. The van der Waals surface area contributed by atoms with Gasteiger partial charge in [0.1, 0.15) is 6.29 Å². The second kappa shape index (κ2) is 10.3. The molecule has 0 spiro atoms. The van der Waals surface area contributed by atoms with Crippen LogP contribution >= 0.6 is 9.47 Å². The molecule has 19 heavy (non-hydrogen) atoms. The van der Waals surface area contributed by atoms with Crippen LogP contribution in [0.15, 0.2) is 24.3 Å². The molecule has 0 bridgehead atoms. The molecule has 0 aromatic rings. The molecule has 2 nitrogen and oxygen atoms in total. The number of hydrogen-bond donors (Lipinski definition) is 0. The standard InChI is InChI=1S/C16H27O2P/c1-2-3-5-9-16(18-19)10-7-4-6-8-14-13-15(14)11-12-17/h4,6-7,10,12,14-16H,2-3,5,8-9,11,13,19H2,1H3/b6-4-,10-7+/t14-,15+,16?/m0/s1. The minimum absolute atomic E-state index is 0.213. The van der Waals surface area contributed by atoms with Gasteiger partial charge < -0.3 is 9.32 Å². The average molecular weight is 282 g/mol. The van der Waals surface area contributed by atoms with Gasteiger partial charge >= 0.3 is 0 Å². The van der Waals surface area contributed by atoms with Gasteiger partial charge in [0.25, 0.3) is 0 Å². The molecule has 1 aliphatic carbocycles. The molecule has 1 fully saturated rings. The highest BCUT2D eigenvalue weighted by atomic mass is 31.0. The Labute approximate surface area is 120 Å². The summed E-state index contributed by atoms with van der Waals surface area (Å²) in [5.41, 5.74) is 0. The highest BCUT2D eigenvalue weighted by Crippen LogP contribution is 2.43. The summed E-state index contributed by atoms with van der Waals surface area (Å²) in [6, 6.07) is 0. The van der Waals surface area contributed by atoms with Crippen LogP contribution in [0.3, 0.4) is 0 Å². The van der Waals surface area contributed by atoms with E-state index < -0.39 is 0 Å². The highest BCUT2D eigenvalue weighted by molar-refractivity contribution is 7.09. The highest BCUT2D eigenvalue weighted by Gasteiger charge is 2.34. The lowest BCUT2D eigenvalue weighted by atomic mass is 10.1. The maximum atomic E-state index is 10.3. The molecule has 0 heterocycles. The summed E-state index contributed by atoms with van der Waals surface area (Å²) in [6.07, 6.45) is 17.7. The summed E-state index contributed by atoms with van der Waals surface area (Å²) in [7, 11) is 2.36. The lowest BCUT2D eigenvalue weighted by Gasteiger charge is -2.09. The SMILES string of the molecule is CCCCCC(/C=C/C=C\C[C@H]1C[C@H]1CC=O)OP. The molecule has 0 radical (unpaired) electrons. The summed E-state index contributed by atoms with van der Waals surface area (Å²) in [5.74, 6) is 1.40. The van der Waals surface area contributed by atoms with Gasteiger partial charge in [-0.15, -0.1) is 0 Å². The molecule has 0 aromatic heterocycles. The maximum Gasteiger partial charge on any atom is 0.120 e. The number of hydrogen-bond acceptors (Lipinski definition) is 2. The van der Waals surface area contributed by atoms with Crippen molar-refractivity contribution in [2.45, 2.75) is 58.0 Å². The first-order valence-electron chi connectivity index (χ1n) is 7.44. The Morgan fingerprint density at radius 3 is 2.74 bits per heavy atom. The molecule has 2 unspecified atom stereocenters. The van der Waals surface area contributed by atoms with E-state index in [1.54, 1.807) is 0 Å². The fourth-order valence-corrected chi connectivity index (χ4v) is 2.56. The molecule has 4 atom stereocenters. The molecule has 1 saturated carbocycles. The van der Waals surface area contributed by atoms with Gasteiger partial charge in [0, 0.05) is 15.9 Å². The maximum absolute atomic E-state index is 10.3. The molecular weight excluding hydrogens is 255 g/mol. The molecule has 0 amide bonds. The van der Waals surface area contributed by atoms with Crippen molar-refractivity contribution in [3.63, 3.8) is 0 Å². The van der Waals surface area contributed by atoms with Gasteiger partial charge in [-0.25, -0.2) is 0 Å². The van der Waals surface area contributed by atoms with Crippen LogP contribution < -0.4 is 0 Å². The second-order valence-electron chi connectivity index (χ2n) is 5.38. The molecule has 0 saturated heterocycles. The van der Waals surface area contributed by atoms with Crippen LogP contribution in [-0.2, 0) is 9.32 Å². The smallest absolute Gasteiger partial charge is 0.120 e. The summed E-state index contributed by atoms with van der Waals surface area (Å²) in [4.78, 5) is 10.3. The number of aldehydes is 1. The molecule has 0 aliphatic heterocycles. The zero-order chi connectivity index (χ0) is 13.9. The molecule has 1 aliphatic rings. The predicted molar refractivity (Wildman–Crippen MR) is 83.9 cm³/mol. The number of carbonyl (C=O) groups is 1. The molecule has 108 valence electrons. The second-order valence-corrected chi connectivity index (χ2v) is 5.65. The van der Waals surface area contributed by atoms with Crippen molar-refractivity contribution in [2.24, 2.45) is 11.8 Å². The van der Waals surface area contributed by atoms with Crippen LogP contribution in [0.4, 0.5) is 0 Å². The lowest BCUT2D eigenvalue weighted by molar-refractivity contribution is -0.108. The van der Waals surface area contributed by atoms with Crippen LogP contribution in [-0.4, -0.2) is 12.4 Å². The third kappa shape index (κ3) is 7.64. The van der Waals surface area contributed by atoms with Crippen LogP contribution in [0, 0.1) is 11.8 Å². The van der Waals surface area contributed by atoms with Crippen molar-refractivity contribution < 1.29 is 9.32 Å². The van der Waals surface area contributed by atoms with Crippen LogP contribution in [0.5, 0.6) is 0 Å². The topological polar surface area (TPSA) is 26.3 Å². The van der Waals surface area contributed by atoms with E-state index in [-0.39, 0.29) is 6.10 Å². The average Bonchev–Trinajstić information content (AvgIpc) is 3.15. The normalized spacial score (nSPS) is 24.1. The van der Waals surface area contributed by atoms with Gasteiger partial charge in [0.15, 0.2) is 0 Å². The summed E-state index contributed by atoms with van der Waals surface area (Å²) < 4.78 is 5.34. The van der Waals surface area contributed by atoms with Crippen LogP contribution in [0.2, 0.25) is 0 Å². The van der Waals surface area contributed by atoms with Crippen molar-refractivity contribution in [3.8, 4) is 0 Å². The summed E-state index contributed by atoms with van der Waals surface area (Å²) in [6.45, 7) is 2.21. The summed E-state index contributed by atoms with van der Waals surface area (Å²) in [5, 5.41) is 0. The van der Waals surface area contributed by atoms with Crippen molar-refractivity contribution in [3.05, 3.63) is 24.3 Å². The zero-order valence-corrected chi connectivity index (χ0v) is 13.1. The Kier molecular flexibility index (Phi) is 9.03. The Morgan fingerprint density at radius 2 is 2.05 bits per heavy atom. The Morgan fingerprint density at radius 1 is 1.26 bits per heavy atom. The fourth-order valence-electron chi connectivity index (χ4n) is 2.34. The van der Waals surface area contributed by atoms with E-state index in [4.69, 9.17) is 4.52 Å². The van der Waals surface area contributed by atoms with Gasteiger partial charge in [0.2, 0.25) is 0 Å². The van der Waals surface area contributed by atoms with Crippen molar-refractivity contribution in [1.29, 1.82) is 0 Å². The first-order chi connectivity index (χ1) is 9.31. The fraction of sp³-hybridized carbons (Fsp3) is 0.688. The monoisotopic (exact) mass is 282 g/mol. The van der Waals surface area contributed by atoms with Gasteiger partial charge in [0.05, 0.1) is 6.10 Å². The van der Waals surface area contributed by atoms with E-state index in [1.807, 2.05) is 0 Å². The Balaban J connectivity index is 2.11. The summed E-state index contributed by atoms with van der Waals surface area (Å²) >= 11 is 0.